The molecule has 0 spiro atoms. The summed E-state index contributed by atoms with van der Waals surface area (Å²) in [5, 5.41) is 54.7. The Hall–Kier alpha value is -1.59. The number of carbonyl (C=O) groups is 1. The van der Waals surface area contributed by atoms with E-state index in [1.807, 2.05) is 6.08 Å². The number of amides is 1. The van der Waals surface area contributed by atoms with E-state index in [2.05, 4.69) is 43.5 Å². The minimum Gasteiger partial charge on any atom is -0.394 e. The third-order valence-corrected chi connectivity index (χ3v) is 17.2. The summed E-state index contributed by atoms with van der Waals surface area (Å²) in [6, 6.07) is -0.828. The molecule has 81 heavy (non-hydrogen) atoms. The van der Waals surface area contributed by atoms with Crippen LogP contribution in [0.3, 0.4) is 0 Å². The highest BCUT2D eigenvalue weighted by Crippen LogP contribution is 2.23. The highest BCUT2D eigenvalue weighted by Gasteiger charge is 2.44. The number of aliphatic hydroxyl groups excluding tert-OH is 5. The van der Waals surface area contributed by atoms with E-state index in [1.54, 1.807) is 6.08 Å². The van der Waals surface area contributed by atoms with Crippen molar-refractivity contribution in [1.29, 1.82) is 0 Å². The van der Waals surface area contributed by atoms with Gasteiger partial charge in [0.05, 0.1) is 25.4 Å². The average molecular weight is 1140 g/mol. The highest BCUT2D eigenvalue weighted by molar-refractivity contribution is 5.76. The van der Waals surface area contributed by atoms with Gasteiger partial charge in [0.1, 0.15) is 24.4 Å². The first-order chi connectivity index (χ1) is 39.8. The number of hydrogen-bond donors (Lipinski definition) is 6. The monoisotopic (exact) mass is 1140 g/mol. The molecule has 0 aromatic heterocycles. The Bertz CT molecular complexity index is 1370. The molecule has 1 fully saturated rings. The molecule has 6 N–H and O–H groups in total. The van der Waals surface area contributed by atoms with Gasteiger partial charge in [-0.15, -0.1) is 0 Å². The number of aliphatic hydroxyl groups is 5. The molecular weight excluding hydrogens is 1010 g/mol. The predicted octanol–water partition coefficient (Wildman–Crippen LogP) is 19.4. The van der Waals surface area contributed by atoms with Crippen molar-refractivity contribution in [3.8, 4) is 0 Å². The lowest BCUT2D eigenvalue weighted by atomic mass is 9.99. The molecule has 0 aromatic rings. The zero-order valence-corrected chi connectivity index (χ0v) is 53.6. The second kappa shape index (κ2) is 61.5. The van der Waals surface area contributed by atoms with Crippen LogP contribution >= 0.6 is 0 Å². The van der Waals surface area contributed by atoms with E-state index in [-0.39, 0.29) is 12.5 Å². The van der Waals surface area contributed by atoms with E-state index in [9.17, 15) is 30.3 Å². The Kier molecular flexibility index (Phi) is 58.8. The minimum absolute atomic E-state index is 0.183. The van der Waals surface area contributed by atoms with Gasteiger partial charge in [-0.1, -0.05) is 346 Å². The summed E-state index contributed by atoms with van der Waals surface area (Å²) in [4.78, 5) is 13.1. The molecule has 1 heterocycles. The largest absolute Gasteiger partial charge is 0.394 e. The van der Waals surface area contributed by atoms with Crippen LogP contribution < -0.4 is 5.32 Å². The van der Waals surface area contributed by atoms with Crippen LogP contribution in [0.15, 0.2) is 36.5 Å². The van der Waals surface area contributed by atoms with E-state index in [4.69, 9.17) is 9.47 Å². The van der Waals surface area contributed by atoms with E-state index < -0.39 is 49.5 Å². The lowest BCUT2D eigenvalue weighted by molar-refractivity contribution is -0.302. The van der Waals surface area contributed by atoms with Crippen molar-refractivity contribution >= 4 is 5.91 Å². The van der Waals surface area contributed by atoms with Crippen LogP contribution in [0, 0.1) is 0 Å². The van der Waals surface area contributed by atoms with Crippen LogP contribution in [0.5, 0.6) is 0 Å². The van der Waals surface area contributed by atoms with Crippen LogP contribution in [0.4, 0.5) is 0 Å². The van der Waals surface area contributed by atoms with Gasteiger partial charge in [0, 0.05) is 6.42 Å². The lowest BCUT2D eigenvalue weighted by Gasteiger charge is -2.40. The Labute approximate surface area is 501 Å². The van der Waals surface area contributed by atoms with E-state index in [1.165, 1.54) is 295 Å². The maximum atomic E-state index is 13.1. The maximum Gasteiger partial charge on any atom is 0.220 e. The molecule has 478 valence electrons. The zero-order valence-electron chi connectivity index (χ0n) is 53.6. The molecule has 9 nitrogen and oxygen atoms in total. The third kappa shape index (κ3) is 50.3. The topological polar surface area (TPSA) is 149 Å². The van der Waals surface area contributed by atoms with Gasteiger partial charge < -0.3 is 40.3 Å². The summed E-state index contributed by atoms with van der Waals surface area (Å²) in [6.07, 6.45) is 75.5. The van der Waals surface area contributed by atoms with E-state index in [0.717, 1.165) is 44.9 Å². The first-order valence-electron chi connectivity index (χ1n) is 35.7. The third-order valence-electron chi connectivity index (χ3n) is 17.2. The van der Waals surface area contributed by atoms with Gasteiger partial charge in [-0.3, -0.25) is 4.79 Å². The highest BCUT2D eigenvalue weighted by atomic mass is 16.7. The van der Waals surface area contributed by atoms with Crippen molar-refractivity contribution in [2.45, 2.75) is 403 Å². The molecule has 0 radical (unpaired) electrons. The first-order valence-corrected chi connectivity index (χ1v) is 35.7. The van der Waals surface area contributed by atoms with Crippen molar-refractivity contribution in [2.75, 3.05) is 13.2 Å². The van der Waals surface area contributed by atoms with Gasteiger partial charge >= 0.3 is 0 Å². The summed E-state index contributed by atoms with van der Waals surface area (Å²) in [5.41, 5.74) is 0. The normalized spacial score (nSPS) is 18.5. The molecule has 1 saturated heterocycles. The summed E-state index contributed by atoms with van der Waals surface area (Å²) in [5.74, 6) is -0.183. The van der Waals surface area contributed by atoms with Crippen LogP contribution in [-0.4, -0.2) is 87.5 Å². The fraction of sp³-hybridized carbons (Fsp3) is 0.903. The van der Waals surface area contributed by atoms with Crippen molar-refractivity contribution in [3.63, 3.8) is 0 Å². The molecule has 7 atom stereocenters. The van der Waals surface area contributed by atoms with Crippen molar-refractivity contribution < 1.29 is 39.8 Å². The smallest absolute Gasteiger partial charge is 0.220 e. The second-order valence-corrected chi connectivity index (χ2v) is 25.0. The van der Waals surface area contributed by atoms with E-state index in [0.29, 0.717) is 6.42 Å². The standard InChI is InChI=1S/C72H137NO8/c1-3-5-7-9-11-13-15-17-19-21-23-25-27-29-30-31-32-33-34-35-36-38-39-41-43-45-47-49-51-53-55-57-59-61-66(75)65(64-80-72-71(79)70(78)69(77)67(63-74)81-72)73-68(76)62-60-58-56-54-52-50-48-46-44-42-40-37-28-26-24-22-20-18-16-14-12-10-8-6-4-2/h43,45,51,53,59,61,65-67,69-72,74-75,77-79H,3-42,44,46-50,52,54-58,60,62-64H2,1-2H3,(H,73,76)/b45-43+,53-51+,61-59+. The van der Waals surface area contributed by atoms with Gasteiger partial charge in [-0.25, -0.2) is 0 Å². The van der Waals surface area contributed by atoms with Gasteiger partial charge in [-0.2, -0.15) is 0 Å². The van der Waals surface area contributed by atoms with E-state index >= 15 is 0 Å². The Morgan fingerprint density at radius 1 is 0.407 bits per heavy atom. The molecule has 0 aliphatic carbocycles. The number of hydrogen-bond acceptors (Lipinski definition) is 8. The first kappa shape index (κ1) is 77.4. The number of rotatable bonds is 63. The SMILES string of the molecule is CCCCCCCCCCCCCCCCCCCCCCCCC/C=C/CC/C=C/CC/C=C/C(O)C(COC1OC(CO)C(O)C(O)C1O)NC(=O)CCCCCCCCCCCCCCCCCCCCCCCCCCC. The summed E-state index contributed by atoms with van der Waals surface area (Å²) < 4.78 is 11.3. The second-order valence-electron chi connectivity index (χ2n) is 25.0. The number of nitrogens with one attached hydrogen (secondary N) is 1. The Morgan fingerprint density at radius 3 is 1.04 bits per heavy atom. The fourth-order valence-corrected chi connectivity index (χ4v) is 11.6. The van der Waals surface area contributed by atoms with Crippen LogP contribution in [0.25, 0.3) is 0 Å². The molecule has 1 aliphatic heterocycles. The van der Waals surface area contributed by atoms with Gasteiger partial charge in [0.25, 0.3) is 0 Å². The molecule has 0 saturated carbocycles. The molecule has 0 bridgehead atoms. The van der Waals surface area contributed by atoms with Crippen molar-refractivity contribution in [3.05, 3.63) is 36.5 Å². The summed E-state index contributed by atoms with van der Waals surface area (Å²) in [6.45, 7) is 3.82. The molecule has 9 heteroatoms. The molecule has 0 aromatic carbocycles. The maximum absolute atomic E-state index is 13.1. The predicted molar refractivity (Wildman–Crippen MR) is 346 cm³/mol. The number of allylic oxidation sites excluding steroid dienone is 5. The lowest BCUT2D eigenvalue weighted by Crippen LogP contribution is -2.60. The Morgan fingerprint density at radius 2 is 0.704 bits per heavy atom. The van der Waals surface area contributed by atoms with Crippen LogP contribution in [-0.2, 0) is 14.3 Å². The van der Waals surface area contributed by atoms with Gasteiger partial charge in [0.15, 0.2) is 6.29 Å². The number of unbranched alkanes of at least 4 members (excludes halogenated alkanes) is 49. The molecule has 1 amide bonds. The molecule has 1 rings (SSSR count). The fourth-order valence-electron chi connectivity index (χ4n) is 11.6. The Balaban J connectivity index is 2.15. The summed E-state index contributed by atoms with van der Waals surface area (Å²) in [7, 11) is 0. The molecule has 1 aliphatic rings. The quantitative estimate of drug-likeness (QED) is 0.0261. The van der Waals surface area contributed by atoms with Crippen molar-refractivity contribution in [1.82, 2.24) is 5.32 Å². The number of carbonyl (C=O) groups excluding carboxylic acids is 1. The van der Waals surface area contributed by atoms with Crippen LogP contribution in [0.1, 0.15) is 361 Å². The zero-order chi connectivity index (χ0) is 58.6. The molecule has 7 unspecified atom stereocenters. The minimum atomic E-state index is -1.57. The van der Waals surface area contributed by atoms with Crippen LogP contribution in [0.2, 0.25) is 0 Å². The van der Waals surface area contributed by atoms with Gasteiger partial charge in [0.2, 0.25) is 5.91 Å². The number of ether oxygens (including phenoxy) is 2. The molecular formula is C72H137NO8. The average Bonchev–Trinajstić information content (AvgIpc) is 3.47. The van der Waals surface area contributed by atoms with Crippen molar-refractivity contribution in [2.24, 2.45) is 0 Å². The summed E-state index contributed by atoms with van der Waals surface area (Å²) >= 11 is 0. The van der Waals surface area contributed by atoms with Gasteiger partial charge in [-0.05, 0) is 44.9 Å².